The van der Waals surface area contributed by atoms with Gasteiger partial charge in [0.25, 0.3) is 0 Å². The molecule has 0 heterocycles. The molecule has 1 aromatic carbocycles. The average molecular weight is 266 g/mol. The fraction of sp³-hybridized carbons (Fsp3) is 0.533. The first kappa shape index (κ1) is 15.3. The van der Waals surface area contributed by atoms with E-state index in [1.807, 2.05) is 6.07 Å². The zero-order valence-electron chi connectivity index (χ0n) is 12.4. The molecule has 0 fully saturated rings. The minimum absolute atomic E-state index is 0.160. The molecule has 1 atom stereocenters. The zero-order valence-corrected chi connectivity index (χ0v) is 12.4. The fourth-order valence-electron chi connectivity index (χ4n) is 1.98. The Balaban J connectivity index is 3.57. The Labute approximate surface area is 114 Å². The molecule has 4 heteroatoms. The Hall–Kier alpha value is -1.71. The standard InChI is InChI=1S/C15H22O4/c1-9(14(16)17)11-7-10(18-5)8-12(13(11)19-6)15(2,3)4/h7-9H,1-6H3,(H,16,17). The SMILES string of the molecule is COc1cc(C(C)C(=O)O)c(OC)c(C(C)(C)C)c1. The van der Waals surface area contributed by atoms with Gasteiger partial charge in [0.05, 0.1) is 20.1 Å². The molecule has 0 spiro atoms. The number of methoxy groups -OCH3 is 2. The number of carboxylic acids is 1. The number of benzene rings is 1. The summed E-state index contributed by atoms with van der Waals surface area (Å²) >= 11 is 0. The Bertz CT molecular complexity index is 472. The van der Waals surface area contributed by atoms with E-state index in [9.17, 15) is 9.90 Å². The second-order valence-corrected chi connectivity index (χ2v) is 5.61. The molecule has 1 unspecified atom stereocenters. The van der Waals surface area contributed by atoms with Crippen molar-refractivity contribution in [3.05, 3.63) is 23.3 Å². The van der Waals surface area contributed by atoms with Gasteiger partial charge in [-0.2, -0.15) is 0 Å². The molecular formula is C15H22O4. The molecular weight excluding hydrogens is 244 g/mol. The van der Waals surface area contributed by atoms with E-state index in [0.717, 1.165) is 5.56 Å². The van der Waals surface area contributed by atoms with Crippen LogP contribution in [0.25, 0.3) is 0 Å². The van der Waals surface area contributed by atoms with Crippen LogP contribution in [0.2, 0.25) is 0 Å². The molecule has 0 aliphatic rings. The molecule has 1 aromatic rings. The quantitative estimate of drug-likeness (QED) is 0.909. The van der Waals surface area contributed by atoms with E-state index in [1.165, 1.54) is 0 Å². The number of rotatable bonds is 4. The van der Waals surface area contributed by atoms with Crippen LogP contribution in [0.1, 0.15) is 44.7 Å². The lowest BCUT2D eigenvalue weighted by Gasteiger charge is -2.26. The molecule has 0 amide bonds. The maximum Gasteiger partial charge on any atom is 0.310 e. The monoisotopic (exact) mass is 266 g/mol. The average Bonchev–Trinajstić information content (AvgIpc) is 2.34. The van der Waals surface area contributed by atoms with Crippen LogP contribution in [0.3, 0.4) is 0 Å². The Morgan fingerprint density at radius 2 is 1.79 bits per heavy atom. The molecule has 0 saturated heterocycles. The van der Waals surface area contributed by atoms with Gasteiger partial charge in [-0.25, -0.2) is 0 Å². The molecule has 0 aliphatic heterocycles. The molecule has 1 rings (SSSR count). The highest BCUT2D eigenvalue weighted by Crippen LogP contribution is 2.40. The third kappa shape index (κ3) is 3.19. The van der Waals surface area contributed by atoms with E-state index in [4.69, 9.17) is 9.47 Å². The van der Waals surface area contributed by atoms with Gasteiger partial charge in [0.15, 0.2) is 0 Å². The van der Waals surface area contributed by atoms with Gasteiger partial charge in [0.2, 0.25) is 0 Å². The van der Waals surface area contributed by atoms with Gasteiger partial charge < -0.3 is 14.6 Å². The van der Waals surface area contributed by atoms with Crippen molar-refractivity contribution in [3.63, 3.8) is 0 Å². The number of hydrogen-bond donors (Lipinski definition) is 1. The maximum absolute atomic E-state index is 11.2. The van der Waals surface area contributed by atoms with Gasteiger partial charge >= 0.3 is 5.97 Å². The Morgan fingerprint density at radius 1 is 1.21 bits per heavy atom. The summed E-state index contributed by atoms with van der Waals surface area (Å²) in [7, 11) is 3.14. The number of hydrogen-bond acceptors (Lipinski definition) is 3. The molecule has 0 radical (unpaired) electrons. The van der Waals surface area contributed by atoms with Crippen LogP contribution >= 0.6 is 0 Å². The van der Waals surface area contributed by atoms with Crippen molar-refractivity contribution < 1.29 is 19.4 Å². The summed E-state index contributed by atoms with van der Waals surface area (Å²) in [5, 5.41) is 9.22. The summed E-state index contributed by atoms with van der Waals surface area (Å²) in [6, 6.07) is 3.63. The van der Waals surface area contributed by atoms with E-state index in [-0.39, 0.29) is 5.41 Å². The minimum Gasteiger partial charge on any atom is -0.497 e. The lowest BCUT2D eigenvalue weighted by atomic mass is 9.83. The van der Waals surface area contributed by atoms with Crippen LogP contribution in [0.15, 0.2) is 12.1 Å². The molecule has 0 saturated carbocycles. The summed E-state index contributed by atoms with van der Waals surface area (Å²) in [4.78, 5) is 11.2. The van der Waals surface area contributed by atoms with Gasteiger partial charge in [-0.1, -0.05) is 20.8 Å². The summed E-state index contributed by atoms with van der Waals surface area (Å²) in [6.07, 6.45) is 0. The van der Waals surface area contributed by atoms with Crippen LogP contribution in [-0.2, 0) is 10.2 Å². The van der Waals surface area contributed by atoms with Crippen LogP contribution in [0, 0.1) is 0 Å². The van der Waals surface area contributed by atoms with Crippen molar-refractivity contribution in [1.82, 2.24) is 0 Å². The number of carboxylic acid groups (broad SMARTS) is 1. The van der Waals surface area contributed by atoms with E-state index in [1.54, 1.807) is 27.2 Å². The highest BCUT2D eigenvalue weighted by molar-refractivity contribution is 5.77. The third-order valence-electron chi connectivity index (χ3n) is 3.18. The Morgan fingerprint density at radius 3 is 2.16 bits per heavy atom. The summed E-state index contributed by atoms with van der Waals surface area (Å²) < 4.78 is 10.7. The van der Waals surface area contributed by atoms with E-state index < -0.39 is 11.9 Å². The largest absolute Gasteiger partial charge is 0.497 e. The highest BCUT2D eigenvalue weighted by atomic mass is 16.5. The molecule has 0 aliphatic carbocycles. The summed E-state index contributed by atoms with van der Waals surface area (Å²) in [6.45, 7) is 7.81. The lowest BCUT2D eigenvalue weighted by molar-refractivity contribution is -0.138. The van der Waals surface area contributed by atoms with Crippen LogP contribution in [0.4, 0.5) is 0 Å². The van der Waals surface area contributed by atoms with Gasteiger partial charge in [0, 0.05) is 11.1 Å². The highest BCUT2D eigenvalue weighted by Gasteiger charge is 2.27. The van der Waals surface area contributed by atoms with Crippen molar-refractivity contribution in [2.75, 3.05) is 14.2 Å². The lowest BCUT2D eigenvalue weighted by Crippen LogP contribution is -2.17. The van der Waals surface area contributed by atoms with Crippen LogP contribution in [-0.4, -0.2) is 25.3 Å². The second kappa shape index (κ2) is 5.51. The first-order chi connectivity index (χ1) is 8.72. The number of carbonyl (C=O) groups is 1. The van der Waals surface area contributed by atoms with Crippen molar-refractivity contribution >= 4 is 5.97 Å². The number of aliphatic carboxylic acids is 1. The smallest absolute Gasteiger partial charge is 0.310 e. The topological polar surface area (TPSA) is 55.8 Å². The van der Waals surface area contributed by atoms with Gasteiger partial charge in [-0.3, -0.25) is 4.79 Å². The van der Waals surface area contributed by atoms with Gasteiger partial charge in [0.1, 0.15) is 11.5 Å². The normalized spacial score (nSPS) is 12.9. The summed E-state index contributed by atoms with van der Waals surface area (Å²) in [5.41, 5.74) is 1.42. The molecule has 106 valence electrons. The zero-order chi connectivity index (χ0) is 14.8. The Kier molecular flexibility index (Phi) is 4.45. The number of ether oxygens (including phenoxy) is 2. The van der Waals surface area contributed by atoms with Crippen LogP contribution < -0.4 is 9.47 Å². The first-order valence-electron chi connectivity index (χ1n) is 6.21. The predicted molar refractivity (Wildman–Crippen MR) is 74.3 cm³/mol. The first-order valence-corrected chi connectivity index (χ1v) is 6.21. The van der Waals surface area contributed by atoms with Crippen molar-refractivity contribution in [2.45, 2.75) is 39.0 Å². The van der Waals surface area contributed by atoms with E-state index in [2.05, 4.69) is 20.8 Å². The summed E-state index contributed by atoms with van der Waals surface area (Å²) in [5.74, 6) is -0.255. The van der Waals surface area contributed by atoms with Crippen molar-refractivity contribution in [1.29, 1.82) is 0 Å². The second-order valence-electron chi connectivity index (χ2n) is 5.61. The molecule has 19 heavy (non-hydrogen) atoms. The molecule has 4 nitrogen and oxygen atoms in total. The van der Waals surface area contributed by atoms with Crippen molar-refractivity contribution in [3.8, 4) is 11.5 Å². The maximum atomic E-state index is 11.2. The van der Waals surface area contributed by atoms with Gasteiger partial charge in [-0.05, 0) is 24.5 Å². The molecule has 0 bridgehead atoms. The molecule has 1 N–H and O–H groups in total. The van der Waals surface area contributed by atoms with Crippen molar-refractivity contribution in [2.24, 2.45) is 0 Å². The van der Waals surface area contributed by atoms with E-state index >= 15 is 0 Å². The van der Waals surface area contributed by atoms with E-state index in [0.29, 0.717) is 17.1 Å². The molecule has 0 aromatic heterocycles. The van der Waals surface area contributed by atoms with Gasteiger partial charge in [-0.15, -0.1) is 0 Å². The fourth-order valence-corrected chi connectivity index (χ4v) is 1.98. The van der Waals surface area contributed by atoms with Crippen LogP contribution in [0.5, 0.6) is 11.5 Å². The third-order valence-corrected chi connectivity index (χ3v) is 3.18. The minimum atomic E-state index is -0.883. The predicted octanol–water partition coefficient (Wildman–Crippen LogP) is 3.19.